The van der Waals surface area contributed by atoms with Crippen LogP contribution in [0.25, 0.3) is 5.57 Å². The van der Waals surface area contributed by atoms with E-state index in [0.29, 0.717) is 0 Å². The van der Waals surface area contributed by atoms with Crippen LogP contribution in [0.4, 0.5) is 0 Å². The molecule has 0 fully saturated rings. The van der Waals surface area contributed by atoms with Gasteiger partial charge in [0.2, 0.25) is 0 Å². The molecule has 2 aromatic rings. The predicted molar refractivity (Wildman–Crippen MR) is 82.3 cm³/mol. The fraction of sp³-hybridized carbons (Fsp3) is 0.353. The van der Waals surface area contributed by atoms with E-state index >= 15 is 0 Å². The third-order valence-corrected chi connectivity index (χ3v) is 3.93. The molecule has 0 saturated carbocycles. The lowest BCUT2D eigenvalue weighted by molar-refractivity contribution is 0.289. The molecule has 1 aromatic carbocycles. The van der Waals surface area contributed by atoms with E-state index in [1.807, 2.05) is 11.7 Å². The van der Waals surface area contributed by atoms with Gasteiger partial charge in [0.1, 0.15) is 0 Å². The number of hydrogen-bond donors (Lipinski definition) is 0. The topological polar surface area (TPSA) is 21.1 Å². The van der Waals surface area contributed by atoms with Gasteiger partial charge in [-0.3, -0.25) is 9.58 Å². The van der Waals surface area contributed by atoms with Gasteiger partial charge in [0.15, 0.2) is 0 Å². The van der Waals surface area contributed by atoms with Crippen LogP contribution in [0, 0.1) is 6.92 Å². The van der Waals surface area contributed by atoms with Gasteiger partial charge in [0, 0.05) is 32.9 Å². The molecule has 0 spiro atoms. The van der Waals surface area contributed by atoms with E-state index < -0.39 is 0 Å². The summed E-state index contributed by atoms with van der Waals surface area (Å²) in [5.74, 6) is 0. The van der Waals surface area contributed by atoms with Crippen LogP contribution < -0.4 is 0 Å². The molecule has 20 heavy (non-hydrogen) atoms. The van der Waals surface area contributed by atoms with Gasteiger partial charge in [-0.25, -0.2) is 0 Å². The smallest absolute Gasteiger partial charge is 0.0793 e. The molecular weight excluding hydrogens is 246 g/mol. The summed E-state index contributed by atoms with van der Waals surface area (Å²) in [6.07, 6.45) is 5.57. The van der Waals surface area contributed by atoms with Crippen LogP contribution in [-0.4, -0.2) is 27.8 Å². The zero-order chi connectivity index (χ0) is 13.9. The van der Waals surface area contributed by atoms with Crippen LogP contribution in [0.2, 0.25) is 0 Å². The molecule has 1 aliphatic rings. The Kier molecular flexibility index (Phi) is 3.70. The number of rotatable bonds is 3. The highest BCUT2D eigenvalue weighted by Crippen LogP contribution is 2.23. The van der Waals surface area contributed by atoms with E-state index in [9.17, 15) is 0 Å². The second-order valence-electron chi connectivity index (χ2n) is 5.51. The van der Waals surface area contributed by atoms with Crippen molar-refractivity contribution in [3.8, 4) is 0 Å². The minimum absolute atomic E-state index is 0.950. The van der Waals surface area contributed by atoms with E-state index in [1.165, 1.54) is 22.4 Å². The van der Waals surface area contributed by atoms with Crippen LogP contribution in [0.3, 0.4) is 0 Å². The van der Waals surface area contributed by atoms with E-state index in [2.05, 4.69) is 59.5 Å². The number of hydrogen-bond acceptors (Lipinski definition) is 2. The summed E-state index contributed by atoms with van der Waals surface area (Å²) in [6, 6.07) is 10.7. The zero-order valence-corrected chi connectivity index (χ0v) is 12.2. The number of aromatic nitrogens is 2. The minimum atomic E-state index is 0.950. The first kappa shape index (κ1) is 13.1. The molecule has 3 nitrogen and oxygen atoms in total. The summed E-state index contributed by atoms with van der Waals surface area (Å²) >= 11 is 0. The van der Waals surface area contributed by atoms with Gasteiger partial charge < -0.3 is 0 Å². The van der Waals surface area contributed by atoms with E-state index in [4.69, 9.17) is 0 Å². The molecule has 1 aromatic heterocycles. The maximum Gasteiger partial charge on any atom is 0.0793 e. The molecule has 0 N–H and O–H groups in total. The van der Waals surface area contributed by atoms with Gasteiger partial charge in [-0.1, -0.05) is 36.4 Å². The molecule has 104 valence electrons. The first-order valence-corrected chi connectivity index (χ1v) is 7.18. The van der Waals surface area contributed by atoms with Crippen molar-refractivity contribution in [2.24, 2.45) is 7.05 Å². The third-order valence-electron chi connectivity index (χ3n) is 3.93. The Morgan fingerprint density at radius 1 is 1.20 bits per heavy atom. The van der Waals surface area contributed by atoms with Gasteiger partial charge >= 0.3 is 0 Å². The van der Waals surface area contributed by atoms with Crippen molar-refractivity contribution in [3.63, 3.8) is 0 Å². The lowest BCUT2D eigenvalue weighted by Crippen LogP contribution is -2.28. The molecule has 0 bridgehead atoms. The molecule has 0 unspecified atom stereocenters. The summed E-state index contributed by atoms with van der Waals surface area (Å²) in [5.41, 5.74) is 5.31. The van der Waals surface area contributed by atoms with Crippen molar-refractivity contribution < 1.29 is 0 Å². The van der Waals surface area contributed by atoms with Gasteiger partial charge in [-0.05, 0) is 30.0 Å². The van der Waals surface area contributed by atoms with Crippen molar-refractivity contribution in [3.05, 3.63) is 59.4 Å². The summed E-state index contributed by atoms with van der Waals surface area (Å²) in [5, 5.41) is 4.54. The summed E-state index contributed by atoms with van der Waals surface area (Å²) in [4.78, 5) is 2.46. The molecule has 2 heterocycles. The number of nitrogens with zero attached hydrogens (tertiary/aromatic N) is 3. The molecule has 0 atom stereocenters. The molecular formula is C17H21N3. The molecule has 0 radical (unpaired) electrons. The maximum absolute atomic E-state index is 4.54. The van der Waals surface area contributed by atoms with Crippen LogP contribution in [0.15, 0.2) is 42.6 Å². The molecule has 0 aliphatic carbocycles. The lowest BCUT2D eigenvalue weighted by atomic mass is 9.99. The molecule has 0 amide bonds. The Hall–Kier alpha value is -1.87. The molecule has 3 rings (SSSR count). The van der Waals surface area contributed by atoms with Crippen molar-refractivity contribution in [2.45, 2.75) is 19.9 Å². The molecule has 3 heteroatoms. The highest BCUT2D eigenvalue weighted by atomic mass is 15.3. The highest BCUT2D eigenvalue weighted by Gasteiger charge is 2.15. The second-order valence-corrected chi connectivity index (χ2v) is 5.51. The van der Waals surface area contributed by atoms with Gasteiger partial charge in [0.05, 0.1) is 5.69 Å². The Balaban J connectivity index is 1.66. The van der Waals surface area contributed by atoms with Crippen LogP contribution in [-0.2, 0) is 13.6 Å². The minimum Gasteiger partial charge on any atom is -0.293 e. The van der Waals surface area contributed by atoms with E-state index in [0.717, 1.165) is 26.1 Å². The van der Waals surface area contributed by atoms with E-state index in [1.54, 1.807) is 0 Å². The normalized spacial score (nSPS) is 16.2. The SMILES string of the molecule is Cc1cn(C)nc1CN1CC=C(c2ccccc2)CC1. The summed E-state index contributed by atoms with van der Waals surface area (Å²) in [6.45, 7) is 5.21. The Morgan fingerprint density at radius 2 is 2.00 bits per heavy atom. The quantitative estimate of drug-likeness (QED) is 0.852. The van der Waals surface area contributed by atoms with Crippen LogP contribution >= 0.6 is 0 Å². The van der Waals surface area contributed by atoms with Crippen molar-refractivity contribution in [2.75, 3.05) is 13.1 Å². The third kappa shape index (κ3) is 2.83. The molecule has 0 saturated heterocycles. The fourth-order valence-electron chi connectivity index (χ4n) is 2.79. The van der Waals surface area contributed by atoms with Gasteiger partial charge in [-0.2, -0.15) is 5.10 Å². The second kappa shape index (κ2) is 5.63. The maximum atomic E-state index is 4.54. The van der Waals surface area contributed by atoms with Crippen LogP contribution in [0.1, 0.15) is 23.2 Å². The summed E-state index contributed by atoms with van der Waals surface area (Å²) < 4.78 is 1.90. The standard InChI is InChI=1S/C17H21N3/c1-14-12-19(2)18-17(14)13-20-10-8-16(9-11-20)15-6-4-3-5-7-15/h3-8,12H,9-11,13H2,1-2H3. The highest BCUT2D eigenvalue weighted by molar-refractivity contribution is 5.66. The fourth-order valence-corrected chi connectivity index (χ4v) is 2.79. The van der Waals surface area contributed by atoms with Crippen LogP contribution in [0.5, 0.6) is 0 Å². The monoisotopic (exact) mass is 267 g/mol. The van der Waals surface area contributed by atoms with Gasteiger partial charge in [0.25, 0.3) is 0 Å². The lowest BCUT2D eigenvalue weighted by Gasteiger charge is -2.26. The Labute approximate surface area is 120 Å². The first-order chi connectivity index (χ1) is 9.72. The average Bonchev–Trinajstić information content (AvgIpc) is 2.79. The van der Waals surface area contributed by atoms with E-state index in [-0.39, 0.29) is 0 Å². The van der Waals surface area contributed by atoms with Gasteiger partial charge in [-0.15, -0.1) is 0 Å². The Bertz CT molecular complexity index is 610. The average molecular weight is 267 g/mol. The Morgan fingerprint density at radius 3 is 2.60 bits per heavy atom. The van der Waals surface area contributed by atoms with Crippen molar-refractivity contribution in [1.82, 2.24) is 14.7 Å². The predicted octanol–water partition coefficient (Wildman–Crippen LogP) is 3.02. The zero-order valence-electron chi connectivity index (χ0n) is 12.2. The molecule has 1 aliphatic heterocycles. The van der Waals surface area contributed by atoms with Crippen molar-refractivity contribution in [1.29, 1.82) is 0 Å². The first-order valence-electron chi connectivity index (χ1n) is 7.18. The van der Waals surface area contributed by atoms with Crippen molar-refractivity contribution >= 4 is 5.57 Å². The number of benzene rings is 1. The largest absolute Gasteiger partial charge is 0.293 e. The summed E-state index contributed by atoms with van der Waals surface area (Å²) in [7, 11) is 1.99. The number of aryl methyl sites for hydroxylation is 2.